The van der Waals surface area contributed by atoms with E-state index in [2.05, 4.69) is 24.1 Å². The Labute approximate surface area is 86.2 Å². The third-order valence-electron chi connectivity index (χ3n) is 2.92. The van der Waals surface area contributed by atoms with Gasteiger partial charge in [-0.25, -0.2) is 0 Å². The van der Waals surface area contributed by atoms with Crippen molar-refractivity contribution in [3.8, 4) is 0 Å². The van der Waals surface area contributed by atoms with Gasteiger partial charge in [0, 0.05) is 32.2 Å². The first-order chi connectivity index (χ1) is 6.47. The lowest BCUT2D eigenvalue weighted by Crippen LogP contribution is -2.58. The molecule has 0 saturated carbocycles. The van der Waals surface area contributed by atoms with Gasteiger partial charge in [0.1, 0.15) is 0 Å². The molecule has 0 bridgehead atoms. The largest absolute Gasteiger partial charge is 0.343 e. The summed E-state index contributed by atoms with van der Waals surface area (Å²) in [5.41, 5.74) is 0.0612. The molecule has 0 aromatic heterocycles. The summed E-state index contributed by atoms with van der Waals surface area (Å²) >= 11 is 0. The molecule has 0 aliphatic carbocycles. The first-order valence-electron chi connectivity index (χ1n) is 5.11. The summed E-state index contributed by atoms with van der Waals surface area (Å²) < 4.78 is 0. The van der Waals surface area contributed by atoms with Crippen LogP contribution in [0.2, 0.25) is 0 Å². The molecule has 1 aliphatic rings. The van der Waals surface area contributed by atoms with Gasteiger partial charge < -0.3 is 10.2 Å². The summed E-state index contributed by atoms with van der Waals surface area (Å²) in [5, 5.41) is 3.16. The lowest BCUT2D eigenvalue weighted by molar-refractivity contribution is -0.136. The molecule has 0 radical (unpaired) electrons. The van der Waals surface area contributed by atoms with E-state index in [9.17, 15) is 4.79 Å². The van der Waals surface area contributed by atoms with Crippen molar-refractivity contribution in [1.82, 2.24) is 15.1 Å². The molecule has 14 heavy (non-hydrogen) atoms. The van der Waals surface area contributed by atoms with Crippen molar-refractivity contribution in [3.63, 3.8) is 0 Å². The SMILES string of the molecule is CNCC(C)(C)N1CCN(C)C(=O)C1. The maximum absolute atomic E-state index is 11.5. The Kier molecular flexibility index (Phi) is 3.50. The topological polar surface area (TPSA) is 35.6 Å². The fourth-order valence-electron chi connectivity index (χ4n) is 1.82. The number of rotatable bonds is 3. The quantitative estimate of drug-likeness (QED) is 0.681. The molecule has 0 aromatic carbocycles. The van der Waals surface area contributed by atoms with Crippen LogP contribution in [0.3, 0.4) is 0 Å². The Morgan fingerprint density at radius 2 is 2.07 bits per heavy atom. The van der Waals surface area contributed by atoms with E-state index in [1.54, 1.807) is 4.90 Å². The molecule has 4 heteroatoms. The number of carbonyl (C=O) groups excluding carboxylic acids is 1. The van der Waals surface area contributed by atoms with Crippen molar-refractivity contribution in [2.45, 2.75) is 19.4 Å². The smallest absolute Gasteiger partial charge is 0.236 e. The van der Waals surface area contributed by atoms with Crippen molar-refractivity contribution >= 4 is 5.91 Å². The molecule has 1 saturated heterocycles. The van der Waals surface area contributed by atoms with E-state index in [4.69, 9.17) is 0 Å². The Hall–Kier alpha value is -0.610. The zero-order valence-corrected chi connectivity index (χ0v) is 9.63. The van der Waals surface area contributed by atoms with Gasteiger partial charge in [0.15, 0.2) is 0 Å². The van der Waals surface area contributed by atoms with Crippen molar-refractivity contribution in [2.75, 3.05) is 40.3 Å². The molecule has 1 fully saturated rings. The summed E-state index contributed by atoms with van der Waals surface area (Å²) in [7, 11) is 3.81. The van der Waals surface area contributed by atoms with Crippen LogP contribution >= 0.6 is 0 Å². The zero-order chi connectivity index (χ0) is 10.8. The van der Waals surface area contributed by atoms with Crippen LogP contribution < -0.4 is 5.32 Å². The molecule has 4 nitrogen and oxygen atoms in total. The number of carbonyl (C=O) groups is 1. The van der Waals surface area contributed by atoms with Gasteiger partial charge in [-0.15, -0.1) is 0 Å². The molecule has 0 unspecified atom stereocenters. The van der Waals surface area contributed by atoms with Crippen LogP contribution in [0.1, 0.15) is 13.8 Å². The third-order valence-corrected chi connectivity index (χ3v) is 2.92. The molecule has 1 N–H and O–H groups in total. The average Bonchev–Trinajstić information content (AvgIpc) is 2.09. The highest BCUT2D eigenvalue weighted by Crippen LogP contribution is 2.15. The van der Waals surface area contributed by atoms with Crippen LogP contribution in [-0.4, -0.2) is 61.5 Å². The molecule has 0 aromatic rings. The summed E-state index contributed by atoms with van der Waals surface area (Å²) in [6.45, 7) is 7.60. The van der Waals surface area contributed by atoms with Gasteiger partial charge in [0.2, 0.25) is 5.91 Å². The Balaban J connectivity index is 2.57. The fraction of sp³-hybridized carbons (Fsp3) is 0.900. The van der Waals surface area contributed by atoms with E-state index < -0.39 is 0 Å². The summed E-state index contributed by atoms with van der Waals surface area (Å²) in [4.78, 5) is 15.6. The molecular formula is C10H21N3O. The zero-order valence-electron chi connectivity index (χ0n) is 9.63. The van der Waals surface area contributed by atoms with Gasteiger partial charge in [-0.1, -0.05) is 0 Å². The fourth-order valence-corrected chi connectivity index (χ4v) is 1.82. The summed E-state index contributed by atoms with van der Waals surface area (Å²) in [6.07, 6.45) is 0. The van der Waals surface area contributed by atoms with E-state index in [-0.39, 0.29) is 11.4 Å². The Morgan fingerprint density at radius 3 is 2.57 bits per heavy atom. The van der Waals surface area contributed by atoms with Gasteiger partial charge in [0.05, 0.1) is 6.54 Å². The van der Waals surface area contributed by atoms with Crippen molar-refractivity contribution in [2.24, 2.45) is 0 Å². The first kappa shape index (κ1) is 11.5. The molecule has 0 atom stereocenters. The first-order valence-corrected chi connectivity index (χ1v) is 5.11. The van der Waals surface area contributed by atoms with Crippen LogP contribution in [0.15, 0.2) is 0 Å². The number of hydrogen-bond acceptors (Lipinski definition) is 3. The van der Waals surface area contributed by atoms with E-state index >= 15 is 0 Å². The summed E-state index contributed by atoms with van der Waals surface area (Å²) in [5.74, 6) is 0.223. The molecule has 1 heterocycles. The number of likely N-dealkylation sites (N-methyl/N-ethyl adjacent to an activating group) is 2. The molecule has 1 aliphatic heterocycles. The van der Waals surface area contributed by atoms with Crippen LogP contribution in [0.4, 0.5) is 0 Å². The maximum atomic E-state index is 11.5. The maximum Gasteiger partial charge on any atom is 0.236 e. The Morgan fingerprint density at radius 1 is 1.43 bits per heavy atom. The molecule has 1 amide bonds. The van der Waals surface area contributed by atoms with E-state index in [0.29, 0.717) is 6.54 Å². The van der Waals surface area contributed by atoms with Crippen molar-refractivity contribution in [3.05, 3.63) is 0 Å². The van der Waals surface area contributed by atoms with Crippen LogP contribution in [0.25, 0.3) is 0 Å². The van der Waals surface area contributed by atoms with Gasteiger partial charge >= 0.3 is 0 Å². The van der Waals surface area contributed by atoms with Crippen LogP contribution in [0.5, 0.6) is 0 Å². The monoisotopic (exact) mass is 199 g/mol. The highest BCUT2D eigenvalue weighted by molar-refractivity contribution is 5.78. The van der Waals surface area contributed by atoms with Gasteiger partial charge in [-0.2, -0.15) is 0 Å². The van der Waals surface area contributed by atoms with Gasteiger partial charge in [-0.3, -0.25) is 9.69 Å². The summed E-state index contributed by atoms with van der Waals surface area (Å²) in [6, 6.07) is 0. The second-order valence-corrected chi connectivity index (χ2v) is 4.58. The minimum atomic E-state index is 0.0612. The van der Waals surface area contributed by atoms with Crippen molar-refractivity contribution < 1.29 is 4.79 Å². The molecule has 1 rings (SSSR count). The lowest BCUT2D eigenvalue weighted by atomic mass is 10.0. The standard InChI is InChI=1S/C10H21N3O/c1-10(2,8-11-3)13-6-5-12(4)9(14)7-13/h11H,5-8H2,1-4H3. The van der Waals surface area contributed by atoms with Gasteiger partial charge in [0.25, 0.3) is 0 Å². The third kappa shape index (κ3) is 2.45. The molecular weight excluding hydrogens is 178 g/mol. The highest BCUT2D eigenvalue weighted by Gasteiger charge is 2.31. The minimum absolute atomic E-state index is 0.0612. The average molecular weight is 199 g/mol. The normalized spacial score (nSPS) is 20.3. The number of amides is 1. The molecule has 0 spiro atoms. The van der Waals surface area contributed by atoms with Crippen LogP contribution in [0, 0.1) is 0 Å². The predicted octanol–water partition coefficient (Wildman–Crippen LogP) is -0.242. The predicted molar refractivity (Wildman–Crippen MR) is 57.2 cm³/mol. The molecule has 82 valence electrons. The number of hydrogen-bond donors (Lipinski definition) is 1. The van der Waals surface area contributed by atoms with E-state index in [0.717, 1.165) is 19.6 Å². The number of piperazine rings is 1. The van der Waals surface area contributed by atoms with Gasteiger partial charge in [-0.05, 0) is 20.9 Å². The van der Waals surface area contributed by atoms with Crippen molar-refractivity contribution in [1.29, 1.82) is 0 Å². The van der Waals surface area contributed by atoms with E-state index in [1.165, 1.54) is 0 Å². The van der Waals surface area contributed by atoms with Crippen LogP contribution in [-0.2, 0) is 4.79 Å². The Bertz CT molecular complexity index is 215. The lowest BCUT2D eigenvalue weighted by Gasteiger charge is -2.42. The number of nitrogens with one attached hydrogen (secondary N) is 1. The highest BCUT2D eigenvalue weighted by atomic mass is 16.2. The number of nitrogens with zero attached hydrogens (tertiary/aromatic N) is 2. The minimum Gasteiger partial charge on any atom is -0.343 e. The second-order valence-electron chi connectivity index (χ2n) is 4.58. The second kappa shape index (κ2) is 4.28. The van der Waals surface area contributed by atoms with E-state index in [1.807, 2.05) is 14.1 Å².